The normalized spacial score (nSPS) is 11.3. The van der Waals surface area contributed by atoms with Crippen LogP contribution in [0, 0.1) is 0 Å². The number of benzene rings is 2. The number of pyridine rings is 1. The Hall–Kier alpha value is -3.14. The Morgan fingerprint density at radius 1 is 1.04 bits per heavy atom. The first-order chi connectivity index (χ1) is 12.7. The predicted octanol–water partition coefficient (Wildman–Crippen LogP) is 4.44. The minimum absolute atomic E-state index is 0.0309. The van der Waals surface area contributed by atoms with Crippen LogP contribution in [0.4, 0.5) is 5.69 Å². The predicted molar refractivity (Wildman–Crippen MR) is 107 cm³/mol. The second kappa shape index (κ2) is 6.64. The number of hydrogen-bond acceptors (Lipinski definition) is 3. The van der Waals surface area contributed by atoms with E-state index >= 15 is 0 Å². The van der Waals surface area contributed by atoms with Crippen LogP contribution in [0.5, 0.6) is 0 Å². The fourth-order valence-corrected chi connectivity index (χ4v) is 3.37. The molecule has 0 aliphatic rings. The van der Waals surface area contributed by atoms with Gasteiger partial charge in [0.1, 0.15) is 5.65 Å². The largest absolute Gasteiger partial charge is 0.399 e. The number of hydrogen-bond donors (Lipinski definition) is 1. The molecule has 4 aromatic rings. The molecule has 4 rings (SSSR count). The molecule has 2 heterocycles. The van der Waals surface area contributed by atoms with E-state index < -0.39 is 0 Å². The Morgan fingerprint density at radius 3 is 2.58 bits per heavy atom. The van der Waals surface area contributed by atoms with Gasteiger partial charge in [-0.1, -0.05) is 49.7 Å². The van der Waals surface area contributed by atoms with E-state index in [0.29, 0.717) is 11.3 Å². The van der Waals surface area contributed by atoms with Gasteiger partial charge in [-0.25, -0.2) is 4.98 Å². The minimum Gasteiger partial charge on any atom is -0.399 e. The SMILES string of the molecule is CCCCc1nc2c3ccccc3ccn2c(=O)c1-c1ccc(N)cc1. The van der Waals surface area contributed by atoms with Crippen LogP contribution in [0.25, 0.3) is 27.5 Å². The third-order valence-corrected chi connectivity index (χ3v) is 4.76. The molecule has 0 spiro atoms. The highest BCUT2D eigenvalue weighted by atomic mass is 16.1. The summed E-state index contributed by atoms with van der Waals surface area (Å²) in [5.74, 6) is 0. The average molecular weight is 343 g/mol. The van der Waals surface area contributed by atoms with E-state index in [-0.39, 0.29) is 5.56 Å². The van der Waals surface area contributed by atoms with Crippen molar-refractivity contribution in [1.29, 1.82) is 0 Å². The summed E-state index contributed by atoms with van der Waals surface area (Å²) in [7, 11) is 0. The summed E-state index contributed by atoms with van der Waals surface area (Å²) in [6, 6.07) is 17.5. The molecule has 0 amide bonds. The average Bonchev–Trinajstić information content (AvgIpc) is 2.67. The molecule has 0 saturated carbocycles. The van der Waals surface area contributed by atoms with Gasteiger partial charge in [0.2, 0.25) is 0 Å². The van der Waals surface area contributed by atoms with E-state index in [1.165, 1.54) is 0 Å². The van der Waals surface area contributed by atoms with E-state index in [2.05, 4.69) is 6.92 Å². The van der Waals surface area contributed by atoms with Crippen LogP contribution in [-0.4, -0.2) is 9.38 Å². The Labute approximate surface area is 151 Å². The van der Waals surface area contributed by atoms with Crippen molar-refractivity contribution in [3.8, 4) is 11.1 Å². The van der Waals surface area contributed by atoms with Gasteiger partial charge < -0.3 is 5.73 Å². The fourth-order valence-electron chi connectivity index (χ4n) is 3.37. The van der Waals surface area contributed by atoms with Crippen molar-refractivity contribution in [3.63, 3.8) is 0 Å². The molecular formula is C22H21N3O. The van der Waals surface area contributed by atoms with Crippen molar-refractivity contribution < 1.29 is 0 Å². The molecule has 0 saturated heterocycles. The third kappa shape index (κ3) is 2.73. The molecular weight excluding hydrogens is 322 g/mol. The van der Waals surface area contributed by atoms with Gasteiger partial charge in [-0.2, -0.15) is 0 Å². The maximum Gasteiger partial charge on any atom is 0.266 e. The lowest BCUT2D eigenvalue weighted by molar-refractivity contribution is 0.775. The Morgan fingerprint density at radius 2 is 1.81 bits per heavy atom. The van der Waals surface area contributed by atoms with Crippen LogP contribution < -0.4 is 11.3 Å². The zero-order valence-corrected chi connectivity index (χ0v) is 14.8. The molecule has 26 heavy (non-hydrogen) atoms. The van der Waals surface area contributed by atoms with Gasteiger partial charge in [-0.15, -0.1) is 0 Å². The van der Waals surface area contributed by atoms with Gasteiger partial charge in [-0.05, 0) is 42.0 Å². The van der Waals surface area contributed by atoms with Crippen molar-refractivity contribution in [2.75, 3.05) is 5.73 Å². The third-order valence-electron chi connectivity index (χ3n) is 4.76. The number of aryl methyl sites for hydroxylation is 1. The number of rotatable bonds is 4. The van der Waals surface area contributed by atoms with E-state index in [1.54, 1.807) is 4.40 Å². The van der Waals surface area contributed by atoms with E-state index in [4.69, 9.17) is 10.7 Å². The summed E-state index contributed by atoms with van der Waals surface area (Å²) in [6.45, 7) is 2.15. The summed E-state index contributed by atoms with van der Waals surface area (Å²) >= 11 is 0. The maximum absolute atomic E-state index is 13.3. The number of aromatic nitrogens is 2. The second-order valence-electron chi connectivity index (χ2n) is 6.56. The molecule has 2 aromatic heterocycles. The first-order valence-corrected chi connectivity index (χ1v) is 8.98. The van der Waals surface area contributed by atoms with Gasteiger partial charge in [0.25, 0.3) is 5.56 Å². The molecule has 130 valence electrons. The number of fused-ring (bicyclic) bond motifs is 3. The maximum atomic E-state index is 13.3. The summed E-state index contributed by atoms with van der Waals surface area (Å²) in [5.41, 5.74) is 9.59. The Bertz CT molecular complexity index is 1140. The van der Waals surface area contributed by atoms with Crippen LogP contribution in [0.1, 0.15) is 25.5 Å². The molecule has 0 fully saturated rings. The van der Waals surface area contributed by atoms with Crippen LogP contribution in [0.3, 0.4) is 0 Å². The van der Waals surface area contributed by atoms with Crippen LogP contribution in [0.2, 0.25) is 0 Å². The number of nitrogens with zero attached hydrogens (tertiary/aromatic N) is 2. The van der Waals surface area contributed by atoms with Crippen molar-refractivity contribution in [2.24, 2.45) is 0 Å². The first kappa shape index (κ1) is 16.3. The van der Waals surface area contributed by atoms with Gasteiger partial charge in [0.05, 0.1) is 11.3 Å². The molecule has 0 aliphatic carbocycles. The molecule has 0 bridgehead atoms. The van der Waals surface area contributed by atoms with Gasteiger partial charge in [-0.3, -0.25) is 9.20 Å². The van der Waals surface area contributed by atoms with Gasteiger partial charge in [0.15, 0.2) is 0 Å². The highest BCUT2D eigenvalue weighted by molar-refractivity contribution is 5.94. The van der Waals surface area contributed by atoms with Crippen LogP contribution in [0.15, 0.2) is 65.6 Å². The lowest BCUT2D eigenvalue weighted by atomic mass is 10.0. The monoisotopic (exact) mass is 343 g/mol. The van der Waals surface area contributed by atoms with Crippen LogP contribution >= 0.6 is 0 Å². The van der Waals surface area contributed by atoms with Crippen molar-refractivity contribution in [1.82, 2.24) is 9.38 Å². The number of anilines is 1. The smallest absolute Gasteiger partial charge is 0.266 e. The lowest BCUT2D eigenvalue weighted by Crippen LogP contribution is -2.20. The van der Waals surface area contributed by atoms with Gasteiger partial charge >= 0.3 is 0 Å². The minimum atomic E-state index is -0.0309. The second-order valence-corrected chi connectivity index (χ2v) is 6.56. The molecule has 2 aromatic carbocycles. The summed E-state index contributed by atoms with van der Waals surface area (Å²) in [4.78, 5) is 18.3. The summed E-state index contributed by atoms with van der Waals surface area (Å²) < 4.78 is 1.66. The molecule has 0 unspecified atom stereocenters. The highest BCUT2D eigenvalue weighted by Gasteiger charge is 2.15. The molecule has 0 atom stereocenters. The Balaban J connectivity index is 2.06. The van der Waals surface area contributed by atoms with Crippen LogP contribution in [-0.2, 0) is 6.42 Å². The highest BCUT2D eigenvalue weighted by Crippen LogP contribution is 2.25. The van der Waals surface area contributed by atoms with Crippen molar-refractivity contribution >= 4 is 22.1 Å². The summed E-state index contributed by atoms with van der Waals surface area (Å²) in [6.07, 6.45) is 4.65. The molecule has 0 aliphatic heterocycles. The molecule has 4 nitrogen and oxygen atoms in total. The molecule has 0 radical (unpaired) electrons. The number of unbranched alkanes of at least 4 members (excludes halogenated alkanes) is 1. The van der Waals surface area contributed by atoms with E-state index in [1.807, 2.05) is 60.8 Å². The van der Waals surface area contributed by atoms with E-state index in [0.717, 1.165) is 46.9 Å². The number of nitrogen functional groups attached to an aromatic ring is 1. The Kier molecular flexibility index (Phi) is 4.17. The lowest BCUT2D eigenvalue weighted by Gasteiger charge is -2.13. The first-order valence-electron chi connectivity index (χ1n) is 8.98. The quantitative estimate of drug-likeness (QED) is 0.440. The topological polar surface area (TPSA) is 60.4 Å². The zero-order chi connectivity index (χ0) is 18.1. The van der Waals surface area contributed by atoms with Crippen molar-refractivity contribution in [3.05, 3.63) is 76.8 Å². The molecule has 2 N–H and O–H groups in total. The standard InChI is InChI=1S/C22H21N3O/c1-2-3-8-19-20(16-9-11-17(23)12-10-16)22(26)25-14-13-15-6-4-5-7-18(15)21(25)24-19/h4-7,9-14H,2-3,8,23H2,1H3. The molecule has 4 heteroatoms. The summed E-state index contributed by atoms with van der Waals surface area (Å²) in [5, 5.41) is 2.08. The van der Waals surface area contributed by atoms with Crippen molar-refractivity contribution in [2.45, 2.75) is 26.2 Å². The number of nitrogens with two attached hydrogens (primary N) is 1. The zero-order valence-electron chi connectivity index (χ0n) is 14.8. The fraction of sp³-hybridized carbons (Fsp3) is 0.182. The van der Waals surface area contributed by atoms with Gasteiger partial charge in [0, 0.05) is 17.3 Å². The van der Waals surface area contributed by atoms with E-state index in [9.17, 15) is 4.79 Å².